The van der Waals surface area contributed by atoms with Crippen LogP contribution in [0.1, 0.15) is 12.1 Å². The summed E-state index contributed by atoms with van der Waals surface area (Å²) in [6.45, 7) is 5.65. The van der Waals surface area contributed by atoms with Crippen LogP contribution < -0.4 is 9.64 Å². The Bertz CT molecular complexity index is 885. The molecular weight excluding hydrogens is 376 g/mol. The van der Waals surface area contributed by atoms with Gasteiger partial charge in [-0.15, -0.1) is 0 Å². The standard InChI is InChI=1S/C21H23ClN4O2/c22-16-4-5-18-19(11-16)28-10-9-26(18)20(27)25-8-6-21(15-25)13-24(14-21)12-17-3-1-2-7-23-17/h1-5,7,11H,6,8-10,12-15H2. The molecule has 6 nitrogen and oxygen atoms in total. The molecule has 1 aromatic heterocycles. The zero-order chi connectivity index (χ0) is 19.1. The molecule has 28 heavy (non-hydrogen) atoms. The maximum Gasteiger partial charge on any atom is 0.324 e. The maximum atomic E-state index is 13.2. The predicted octanol–water partition coefficient (Wildman–Crippen LogP) is 3.26. The molecule has 2 fully saturated rings. The zero-order valence-corrected chi connectivity index (χ0v) is 16.4. The molecule has 3 aliphatic heterocycles. The Balaban J connectivity index is 1.22. The monoisotopic (exact) mass is 398 g/mol. The van der Waals surface area contributed by atoms with Gasteiger partial charge in [-0.05, 0) is 30.7 Å². The van der Waals surface area contributed by atoms with E-state index in [1.807, 2.05) is 40.3 Å². The molecule has 2 amide bonds. The van der Waals surface area contributed by atoms with Gasteiger partial charge in [0.2, 0.25) is 0 Å². The summed E-state index contributed by atoms with van der Waals surface area (Å²) < 4.78 is 5.68. The van der Waals surface area contributed by atoms with E-state index in [1.165, 1.54) is 0 Å². The van der Waals surface area contributed by atoms with E-state index in [9.17, 15) is 4.79 Å². The van der Waals surface area contributed by atoms with Crippen LogP contribution in [0.4, 0.5) is 10.5 Å². The highest BCUT2D eigenvalue weighted by Gasteiger charge is 2.49. The highest BCUT2D eigenvalue weighted by Crippen LogP contribution is 2.41. The SMILES string of the molecule is O=C(N1CCC2(CN(Cc3ccccn3)C2)C1)N1CCOc2cc(Cl)ccc21. The smallest absolute Gasteiger partial charge is 0.324 e. The number of halogens is 1. The van der Waals surface area contributed by atoms with E-state index in [4.69, 9.17) is 16.3 Å². The zero-order valence-electron chi connectivity index (χ0n) is 15.7. The number of likely N-dealkylation sites (tertiary alicyclic amines) is 2. The molecule has 3 aliphatic rings. The van der Waals surface area contributed by atoms with Crippen LogP contribution in [0.15, 0.2) is 42.6 Å². The average molecular weight is 399 g/mol. The molecule has 2 aromatic rings. The van der Waals surface area contributed by atoms with Crippen molar-refractivity contribution in [2.24, 2.45) is 5.41 Å². The number of urea groups is 1. The summed E-state index contributed by atoms with van der Waals surface area (Å²) in [6.07, 6.45) is 2.91. The van der Waals surface area contributed by atoms with Gasteiger partial charge in [-0.25, -0.2) is 4.79 Å². The molecule has 146 valence electrons. The molecule has 2 saturated heterocycles. The van der Waals surface area contributed by atoms with Crippen molar-refractivity contribution in [3.8, 4) is 5.75 Å². The number of amides is 2. The van der Waals surface area contributed by atoms with Crippen molar-refractivity contribution in [3.63, 3.8) is 0 Å². The highest BCUT2D eigenvalue weighted by molar-refractivity contribution is 6.30. The van der Waals surface area contributed by atoms with Crippen molar-refractivity contribution in [2.45, 2.75) is 13.0 Å². The van der Waals surface area contributed by atoms with Gasteiger partial charge >= 0.3 is 6.03 Å². The Hall–Kier alpha value is -2.31. The average Bonchev–Trinajstić information content (AvgIpc) is 3.13. The lowest BCUT2D eigenvalue weighted by Crippen LogP contribution is -2.57. The summed E-state index contributed by atoms with van der Waals surface area (Å²) >= 11 is 6.06. The van der Waals surface area contributed by atoms with Gasteiger partial charge in [0, 0.05) is 55.4 Å². The molecule has 7 heteroatoms. The van der Waals surface area contributed by atoms with E-state index in [0.717, 1.165) is 50.5 Å². The minimum absolute atomic E-state index is 0.0759. The number of carbonyl (C=O) groups is 1. The third-order valence-electron chi connectivity index (χ3n) is 5.95. The molecule has 0 N–H and O–H groups in total. The highest BCUT2D eigenvalue weighted by atomic mass is 35.5. The number of benzene rings is 1. The van der Waals surface area contributed by atoms with Crippen molar-refractivity contribution in [3.05, 3.63) is 53.3 Å². The molecule has 0 unspecified atom stereocenters. The third-order valence-corrected chi connectivity index (χ3v) is 6.19. The fraction of sp³-hybridized carbons (Fsp3) is 0.429. The molecule has 0 aliphatic carbocycles. The normalized spacial score (nSPS) is 20.6. The van der Waals surface area contributed by atoms with Crippen LogP contribution >= 0.6 is 11.6 Å². The van der Waals surface area contributed by atoms with E-state index in [0.29, 0.717) is 23.9 Å². The van der Waals surface area contributed by atoms with Crippen LogP contribution in [0.3, 0.4) is 0 Å². The number of hydrogen-bond donors (Lipinski definition) is 0. The quantitative estimate of drug-likeness (QED) is 0.779. The largest absolute Gasteiger partial charge is 0.489 e. The summed E-state index contributed by atoms with van der Waals surface area (Å²) in [5.41, 5.74) is 2.15. The molecule has 0 saturated carbocycles. The van der Waals surface area contributed by atoms with Crippen molar-refractivity contribution in [1.82, 2.24) is 14.8 Å². The number of pyridine rings is 1. The van der Waals surface area contributed by atoms with Crippen molar-refractivity contribution in [2.75, 3.05) is 44.2 Å². The molecule has 0 atom stereocenters. The van der Waals surface area contributed by atoms with Crippen LogP contribution in [0.5, 0.6) is 5.75 Å². The molecule has 4 heterocycles. The maximum absolute atomic E-state index is 13.2. The number of hydrogen-bond acceptors (Lipinski definition) is 4. The lowest BCUT2D eigenvalue weighted by atomic mass is 9.79. The number of aromatic nitrogens is 1. The van der Waals surface area contributed by atoms with Crippen molar-refractivity contribution < 1.29 is 9.53 Å². The number of carbonyl (C=O) groups excluding carboxylic acids is 1. The van der Waals surface area contributed by atoms with Gasteiger partial charge in [0.1, 0.15) is 12.4 Å². The lowest BCUT2D eigenvalue weighted by molar-refractivity contribution is 0.00378. The molecule has 1 spiro atoms. The van der Waals surface area contributed by atoms with Gasteiger partial charge in [-0.2, -0.15) is 0 Å². The predicted molar refractivity (Wildman–Crippen MR) is 108 cm³/mol. The van der Waals surface area contributed by atoms with Gasteiger partial charge in [0.05, 0.1) is 17.9 Å². The Labute approximate surface area is 169 Å². The minimum Gasteiger partial charge on any atom is -0.489 e. The third kappa shape index (κ3) is 3.20. The Morgan fingerprint density at radius 3 is 2.89 bits per heavy atom. The first kappa shape index (κ1) is 17.8. The first-order valence-corrected chi connectivity index (χ1v) is 10.1. The summed E-state index contributed by atoms with van der Waals surface area (Å²) in [6, 6.07) is 11.6. The summed E-state index contributed by atoms with van der Waals surface area (Å²) in [7, 11) is 0. The molecular formula is C21H23ClN4O2. The Morgan fingerprint density at radius 1 is 1.18 bits per heavy atom. The number of rotatable bonds is 2. The minimum atomic E-state index is 0.0759. The van der Waals surface area contributed by atoms with Crippen LogP contribution in [-0.4, -0.2) is 60.1 Å². The summed E-state index contributed by atoms with van der Waals surface area (Å²) in [4.78, 5) is 23.9. The molecule has 1 aromatic carbocycles. The second-order valence-electron chi connectivity index (χ2n) is 8.03. The Kier molecular flexibility index (Phi) is 4.40. The van der Waals surface area contributed by atoms with Gasteiger partial charge in [0.25, 0.3) is 0 Å². The van der Waals surface area contributed by atoms with E-state index < -0.39 is 0 Å². The van der Waals surface area contributed by atoms with E-state index in [2.05, 4.69) is 16.0 Å². The summed E-state index contributed by atoms with van der Waals surface area (Å²) in [5.74, 6) is 0.686. The topological polar surface area (TPSA) is 48.9 Å². The van der Waals surface area contributed by atoms with Crippen molar-refractivity contribution >= 4 is 23.3 Å². The number of ether oxygens (including phenoxy) is 1. The van der Waals surface area contributed by atoms with Gasteiger partial charge in [-0.3, -0.25) is 14.8 Å². The van der Waals surface area contributed by atoms with Crippen LogP contribution in [0, 0.1) is 5.41 Å². The first-order chi connectivity index (χ1) is 13.6. The van der Waals surface area contributed by atoms with Gasteiger partial charge in [0.15, 0.2) is 0 Å². The molecule has 0 radical (unpaired) electrons. The van der Waals surface area contributed by atoms with E-state index in [1.54, 1.807) is 6.07 Å². The fourth-order valence-corrected chi connectivity index (χ4v) is 4.82. The molecule has 0 bridgehead atoms. The lowest BCUT2D eigenvalue weighted by Gasteiger charge is -2.48. The number of fused-ring (bicyclic) bond motifs is 1. The van der Waals surface area contributed by atoms with Crippen LogP contribution in [-0.2, 0) is 6.54 Å². The van der Waals surface area contributed by atoms with Gasteiger partial charge < -0.3 is 9.64 Å². The van der Waals surface area contributed by atoms with Crippen molar-refractivity contribution in [1.29, 1.82) is 0 Å². The van der Waals surface area contributed by atoms with Gasteiger partial charge in [-0.1, -0.05) is 17.7 Å². The van der Waals surface area contributed by atoms with Crippen LogP contribution in [0.25, 0.3) is 0 Å². The van der Waals surface area contributed by atoms with E-state index >= 15 is 0 Å². The number of nitrogens with zero attached hydrogens (tertiary/aromatic N) is 4. The fourth-order valence-electron chi connectivity index (χ4n) is 4.65. The second-order valence-corrected chi connectivity index (χ2v) is 8.47. The first-order valence-electron chi connectivity index (χ1n) is 9.73. The Morgan fingerprint density at radius 2 is 2.07 bits per heavy atom. The van der Waals surface area contributed by atoms with E-state index in [-0.39, 0.29) is 11.4 Å². The summed E-state index contributed by atoms with van der Waals surface area (Å²) in [5, 5.41) is 0.621. The molecule has 5 rings (SSSR count). The second kappa shape index (κ2) is 6.94. The van der Waals surface area contributed by atoms with Crippen LogP contribution in [0.2, 0.25) is 5.02 Å². The number of anilines is 1.